The molecule has 37 heteroatoms. The van der Waals surface area contributed by atoms with Gasteiger partial charge >= 0.3 is 23.9 Å². The van der Waals surface area contributed by atoms with Crippen molar-refractivity contribution >= 4 is 166 Å². The van der Waals surface area contributed by atoms with Crippen LogP contribution < -0.4 is 18.9 Å². The molecule has 0 aliphatic heterocycles. The van der Waals surface area contributed by atoms with Gasteiger partial charge in [0, 0.05) is 0 Å². The molecule has 0 aromatic heterocycles. The van der Waals surface area contributed by atoms with E-state index in [0.29, 0.717) is 66.8 Å². The second-order valence-electron chi connectivity index (χ2n) is 16.4. The molecule has 0 heterocycles. The van der Waals surface area contributed by atoms with Crippen LogP contribution in [0, 0.1) is 0 Å². The van der Waals surface area contributed by atoms with E-state index in [9.17, 15) is 71.1 Å². The van der Waals surface area contributed by atoms with Crippen molar-refractivity contribution in [3.8, 4) is 23.0 Å². The van der Waals surface area contributed by atoms with Crippen LogP contribution in [0.25, 0.3) is 0 Å². The number of carbonyl (C=O) groups is 4. The molecular formula is C45H41B13O20S4-4. The van der Waals surface area contributed by atoms with Crippen LogP contribution in [0.1, 0.15) is 72.3 Å². The molecule has 26 radical (unpaired) electrons. The Kier molecular flexibility index (Phi) is 32.6. The maximum absolute atomic E-state index is 11.7. The molecule has 0 saturated carbocycles. The van der Waals surface area contributed by atoms with Crippen molar-refractivity contribution in [1.82, 2.24) is 0 Å². The zero-order valence-electron chi connectivity index (χ0n) is 43.9. The van der Waals surface area contributed by atoms with Crippen LogP contribution in [0.4, 0.5) is 0 Å². The first-order valence-electron chi connectivity index (χ1n) is 23.5. The molecule has 0 amide bonds. The first-order valence-corrected chi connectivity index (χ1v) is 29.8. The van der Waals surface area contributed by atoms with E-state index in [0.717, 1.165) is 5.56 Å². The summed E-state index contributed by atoms with van der Waals surface area (Å²) in [5.41, 5.74) is 7.37. The van der Waals surface area contributed by atoms with Gasteiger partial charge in [-0.25, -0.2) is 33.7 Å². The molecule has 4 aromatic carbocycles. The minimum atomic E-state index is -4.78. The predicted molar refractivity (Wildman–Crippen MR) is 310 cm³/mol. The van der Waals surface area contributed by atoms with E-state index < -0.39 is 87.4 Å². The lowest BCUT2D eigenvalue weighted by molar-refractivity contribution is -0.132. The van der Waals surface area contributed by atoms with Crippen molar-refractivity contribution in [2.45, 2.75) is 82.2 Å². The smallest absolute Gasteiger partial charge is 0.325 e. The summed E-state index contributed by atoms with van der Waals surface area (Å²) in [4.78, 5) is 45.7. The lowest BCUT2D eigenvalue weighted by Crippen LogP contribution is -2.23. The zero-order chi connectivity index (χ0) is 62.9. The Morgan fingerprint density at radius 1 is 0.317 bits per heavy atom. The third kappa shape index (κ3) is 25.2. The van der Waals surface area contributed by atoms with Crippen LogP contribution in [0.2, 0.25) is 0 Å². The predicted octanol–water partition coefficient (Wildman–Crippen LogP) is -3.76. The van der Waals surface area contributed by atoms with Crippen molar-refractivity contribution in [1.29, 1.82) is 0 Å². The molecule has 408 valence electrons. The number of rotatable bonds is 25. The highest BCUT2D eigenvalue weighted by atomic mass is 32.2. The quantitative estimate of drug-likeness (QED) is 0.0266. The molecule has 0 N–H and O–H groups in total. The third-order valence-electron chi connectivity index (χ3n) is 10.9. The molecule has 82 heavy (non-hydrogen) atoms. The van der Waals surface area contributed by atoms with Crippen molar-refractivity contribution in [2.75, 3.05) is 23.0 Å². The summed E-state index contributed by atoms with van der Waals surface area (Å²) in [5, 5.41) is 0. The van der Waals surface area contributed by atoms with Gasteiger partial charge in [0.05, 0.1) is 102 Å². The second kappa shape index (κ2) is 35.5. The largest absolute Gasteiger partial charge is 0.748 e. The maximum atomic E-state index is 11.7. The number of hydrogen-bond donors (Lipinski definition) is 0. The van der Waals surface area contributed by atoms with Gasteiger partial charge in [-0.15, -0.1) is 0 Å². The van der Waals surface area contributed by atoms with Crippen LogP contribution >= 0.6 is 0 Å². The molecule has 0 atom stereocenters. The van der Waals surface area contributed by atoms with Gasteiger partial charge in [-0.2, -0.15) is 0 Å². The van der Waals surface area contributed by atoms with Gasteiger partial charge in [0.1, 0.15) is 86.5 Å². The van der Waals surface area contributed by atoms with Crippen molar-refractivity contribution in [2.24, 2.45) is 0 Å². The number of ether oxygens (including phenoxy) is 4. The van der Waals surface area contributed by atoms with Crippen LogP contribution in [-0.2, 0) is 142 Å². The minimum absolute atomic E-state index is 0.00764. The van der Waals surface area contributed by atoms with Gasteiger partial charge in [0.2, 0.25) is 0 Å². The van der Waals surface area contributed by atoms with E-state index >= 15 is 0 Å². The summed E-state index contributed by atoms with van der Waals surface area (Å²) in [6.45, 7) is 0. The fourth-order valence-electron chi connectivity index (χ4n) is 7.48. The summed E-state index contributed by atoms with van der Waals surface area (Å²) in [6.07, 6.45) is 1.23. The number of carbonyl (C=O) groups excluding carboxylic acids is 4. The number of benzene rings is 4. The summed E-state index contributed by atoms with van der Waals surface area (Å²) in [7, 11) is 54.3. The average molecular weight is 1170 g/mol. The normalized spacial score (nSPS) is 11.3. The summed E-state index contributed by atoms with van der Waals surface area (Å²) in [6, 6.07) is 11.0. The Morgan fingerprint density at radius 2 is 0.634 bits per heavy atom. The Bertz CT molecular complexity index is 3300. The fraction of sp³-hybridized carbons (Fsp3) is 0.378. The van der Waals surface area contributed by atoms with Gasteiger partial charge in [-0.3, -0.25) is 19.2 Å². The topological polar surface area (TPSA) is 334 Å². The van der Waals surface area contributed by atoms with Gasteiger partial charge < -0.3 is 37.2 Å². The van der Waals surface area contributed by atoms with Gasteiger partial charge in [-0.05, 0) is 62.7 Å². The molecule has 0 unspecified atom stereocenters. The highest BCUT2D eigenvalue weighted by Crippen LogP contribution is 2.36. The Balaban J connectivity index is 0.000000549. The van der Waals surface area contributed by atoms with E-state index in [1.165, 1.54) is 18.2 Å². The van der Waals surface area contributed by atoms with Crippen molar-refractivity contribution in [3.05, 3.63) is 115 Å². The van der Waals surface area contributed by atoms with E-state index in [-0.39, 0.29) is 105 Å². The van der Waals surface area contributed by atoms with Crippen molar-refractivity contribution in [3.63, 3.8) is 0 Å². The number of hydrogen-bond acceptors (Lipinski definition) is 20. The second-order valence-corrected chi connectivity index (χ2v) is 22.0. The van der Waals surface area contributed by atoms with E-state index in [2.05, 4.69) is 0 Å². The zero-order valence-corrected chi connectivity index (χ0v) is 47.1. The molecule has 0 spiro atoms. The SMILES string of the molecule is [B]Cc1c(C[B])c(C[B])c(OC(=O)CS(=O)(=O)[O-])c(C[B])c1C[B].[B]Cc1cc(C[B])c(C[B])c(OC(=O)CS(=O)(=O)[O-])c1.[B]Cc1ccc(OC(=O)CS(=O)(=O)[O-])c(C[B])c1C[B].[B]Cc1cccc(OC(=O)CS(=O)(=O)[O-])c1C[B]. The first-order chi connectivity index (χ1) is 38.2. The van der Waals surface area contributed by atoms with Crippen LogP contribution in [0.3, 0.4) is 0 Å². The maximum Gasteiger partial charge on any atom is 0.325 e. The van der Waals surface area contributed by atoms with E-state index in [4.69, 9.17) is 121 Å². The molecular weight excluding hydrogens is 1130 g/mol. The highest BCUT2D eigenvalue weighted by molar-refractivity contribution is 7.87. The summed E-state index contributed by atoms with van der Waals surface area (Å²) < 4.78 is 146. The molecule has 0 bridgehead atoms. The van der Waals surface area contributed by atoms with Crippen LogP contribution in [0.5, 0.6) is 23.0 Å². The molecule has 0 aliphatic rings. The van der Waals surface area contributed by atoms with Crippen LogP contribution in [0.15, 0.2) is 42.5 Å². The molecule has 0 saturated heterocycles. The monoisotopic (exact) mass is 1170 g/mol. The Morgan fingerprint density at radius 3 is 0.976 bits per heavy atom. The van der Waals surface area contributed by atoms with Gasteiger partial charge in [0.15, 0.2) is 0 Å². The average Bonchev–Trinajstić information content (AvgIpc) is 3.58. The highest BCUT2D eigenvalue weighted by Gasteiger charge is 2.23. The van der Waals surface area contributed by atoms with Gasteiger partial charge in [-0.1, -0.05) is 134 Å². The standard InChI is InChI=1S/C13H13B5O5S.2C11H11B3O5S.C10H10B2O5S/c14-1-7-8(2-15)10(4-17)13(11(5-18)9(7)3-16)23-12(19)6-24(20,21)22;12-3-7-1-8(4-13)9(5-14)10(2-7)19-11(15)6-20(16,17)18;12-3-7-1-2-10(9(5-14)8(7)4-13)19-11(15)6-20(16,17)18;11-4-7-2-1-3-9(8(7)5-12)17-10(13)6-18(14,15)16/h1-6H2,(H,20,21,22);2*1-2H,3-6H2,(H,16,17,18);1-3H,4-6H2,(H,14,15,16)/p-4. The van der Waals surface area contributed by atoms with Crippen LogP contribution in [-0.4, -0.2) is 201 Å². The van der Waals surface area contributed by atoms with Crippen molar-refractivity contribution < 1.29 is 90.0 Å². The molecule has 0 aliphatic carbocycles. The van der Waals surface area contributed by atoms with Gasteiger partial charge in [0.25, 0.3) is 0 Å². The molecule has 4 aromatic rings. The van der Waals surface area contributed by atoms with E-state index in [1.807, 2.05) is 0 Å². The van der Waals surface area contributed by atoms with E-state index in [1.54, 1.807) is 24.3 Å². The Labute approximate surface area is 496 Å². The molecule has 4 rings (SSSR count). The Hall–Kier alpha value is -4.76. The first kappa shape index (κ1) is 75.3. The molecule has 20 nitrogen and oxygen atoms in total. The minimum Gasteiger partial charge on any atom is -0.748 e. The lowest BCUT2D eigenvalue weighted by Gasteiger charge is -2.25. The number of esters is 4. The lowest BCUT2D eigenvalue weighted by atomic mass is 9.72. The summed E-state index contributed by atoms with van der Waals surface area (Å²) in [5.74, 6) is -9.47. The third-order valence-corrected chi connectivity index (χ3v) is 13.2. The fourth-order valence-corrected chi connectivity index (χ4v) is 8.87. The molecule has 0 fully saturated rings. The summed E-state index contributed by atoms with van der Waals surface area (Å²) >= 11 is 0.